The van der Waals surface area contributed by atoms with E-state index in [1.54, 1.807) is 0 Å². The van der Waals surface area contributed by atoms with Gasteiger partial charge in [0, 0.05) is 12.6 Å². The minimum Gasteiger partial charge on any atom is -0.465 e. The van der Waals surface area contributed by atoms with Crippen molar-refractivity contribution in [3.8, 4) is 0 Å². The van der Waals surface area contributed by atoms with Crippen molar-refractivity contribution in [1.82, 2.24) is 9.80 Å². The quantitative estimate of drug-likeness (QED) is 0.605. The summed E-state index contributed by atoms with van der Waals surface area (Å²) in [5.41, 5.74) is 0. The monoisotopic (exact) mass is 244 g/mol. The van der Waals surface area contributed by atoms with Gasteiger partial charge in [-0.25, -0.2) is 0 Å². The lowest BCUT2D eigenvalue weighted by Crippen LogP contribution is -2.39. The molecule has 17 heavy (non-hydrogen) atoms. The topological polar surface area (TPSA) is 32.8 Å². The molecule has 0 aromatic rings. The van der Waals surface area contributed by atoms with Gasteiger partial charge in [-0.2, -0.15) is 0 Å². The summed E-state index contributed by atoms with van der Waals surface area (Å²) in [4.78, 5) is 15.9. The number of rotatable bonds is 8. The molecule has 0 radical (unpaired) electrons. The van der Waals surface area contributed by atoms with Crippen molar-refractivity contribution in [3.63, 3.8) is 0 Å². The number of carbonyl (C=O) groups excluding carboxylic acids is 1. The number of ether oxygens (including phenoxy) is 1. The Labute approximate surface area is 106 Å². The van der Waals surface area contributed by atoms with Crippen LogP contribution in [0.4, 0.5) is 0 Å². The van der Waals surface area contributed by atoms with Crippen LogP contribution in [-0.2, 0) is 9.53 Å². The average Bonchev–Trinajstić information content (AvgIpc) is 2.24. The van der Waals surface area contributed by atoms with E-state index in [0.29, 0.717) is 18.9 Å². The fraction of sp³-hybridized carbons (Fsp3) is 0.923. The minimum absolute atomic E-state index is 0.0918. The predicted molar refractivity (Wildman–Crippen MR) is 71.1 cm³/mol. The number of hydrogen-bond donors (Lipinski definition) is 0. The van der Waals surface area contributed by atoms with Gasteiger partial charge in [0.25, 0.3) is 0 Å². The normalized spacial score (nSPS) is 15.1. The molecule has 0 amide bonds. The lowest BCUT2D eigenvalue weighted by Gasteiger charge is -2.26. The second kappa shape index (κ2) is 8.48. The largest absolute Gasteiger partial charge is 0.465 e. The molecule has 2 atom stereocenters. The van der Waals surface area contributed by atoms with E-state index in [2.05, 4.69) is 23.6 Å². The molecule has 0 aliphatic rings. The van der Waals surface area contributed by atoms with Gasteiger partial charge in [0.2, 0.25) is 0 Å². The second-order valence-electron chi connectivity index (χ2n) is 5.28. The molecule has 2 unspecified atom stereocenters. The van der Waals surface area contributed by atoms with E-state index in [1.165, 1.54) is 0 Å². The van der Waals surface area contributed by atoms with Crippen molar-refractivity contribution in [3.05, 3.63) is 0 Å². The van der Waals surface area contributed by atoms with Crippen LogP contribution >= 0.6 is 0 Å². The standard InChI is InChI=1S/C13H28N2O2/c1-7-11(2)10-17-13(16)8-12(15(5)6)9-14(3)4/h11-12H,7-10H2,1-6H3. The zero-order valence-electron chi connectivity index (χ0n) is 12.2. The van der Waals surface area contributed by atoms with E-state index in [1.807, 2.05) is 28.2 Å². The van der Waals surface area contributed by atoms with Crippen molar-refractivity contribution in [1.29, 1.82) is 0 Å². The van der Waals surface area contributed by atoms with Crippen molar-refractivity contribution in [2.24, 2.45) is 5.92 Å². The molecular weight excluding hydrogens is 216 g/mol. The number of nitrogens with zero attached hydrogens (tertiary/aromatic N) is 2. The molecule has 0 N–H and O–H groups in total. The molecule has 0 saturated heterocycles. The van der Waals surface area contributed by atoms with E-state index in [4.69, 9.17) is 4.74 Å². The van der Waals surface area contributed by atoms with Crippen LogP contribution in [-0.4, -0.2) is 63.2 Å². The summed E-state index contributed by atoms with van der Waals surface area (Å²) in [5, 5.41) is 0. The molecule has 0 saturated carbocycles. The molecule has 0 bridgehead atoms. The molecule has 4 nitrogen and oxygen atoms in total. The molecule has 0 aliphatic carbocycles. The molecular formula is C13H28N2O2. The fourth-order valence-electron chi connectivity index (χ4n) is 1.44. The van der Waals surface area contributed by atoms with Crippen molar-refractivity contribution in [2.75, 3.05) is 41.3 Å². The highest BCUT2D eigenvalue weighted by molar-refractivity contribution is 5.70. The fourth-order valence-corrected chi connectivity index (χ4v) is 1.44. The lowest BCUT2D eigenvalue weighted by atomic mass is 10.1. The average molecular weight is 244 g/mol. The van der Waals surface area contributed by atoms with Crippen LogP contribution in [0.15, 0.2) is 0 Å². The van der Waals surface area contributed by atoms with Gasteiger partial charge in [-0.05, 0) is 34.1 Å². The SMILES string of the molecule is CCC(C)COC(=O)CC(CN(C)C)N(C)C. The van der Waals surface area contributed by atoms with Gasteiger partial charge >= 0.3 is 5.97 Å². The third kappa shape index (κ3) is 8.16. The minimum atomic E-state index is -0.0918. The van der Waals surface area contributed by atoms with Crippen LogP contribution < -0.4 is 0 Å². The predicted octanol–water partition coefficient (Wildman–Crippen LogP) is 1.46. The van der Waals surface area contributed by atoms with Gasteiger partial charge in [-0.1, -0.05) is 20.3 Å². The Morgan fingerprint density at radius 1 is 1.24 bits per heavy atom. The van der Waals surface area contributed by atoms with Crippen LogP contribution in [0.5, 0.6) is 0 Å². The van der Waals surface area contributed by atoms with E-state index < -0.39 is 0 Å². The van der Waals surface area contributed by atoms with Crippen LogP contribution in [0.3, 0.4) is 0 Å². The van der Waals surface area contributed by atoms with E-state index in [9.17, 15) is 4.79 Å². The van der Waals surface area contributed by atoms with Gasteiger partial charge in [0.1, 0.15) is 0 Å². The first kappa shape index (κ1) is 16.4. The van der Waals surface area contributed by atoms with Crippen molar-refractivity contribution >= 4 is 5.97 Å². The third-order valence-electron chi connectivity index (χ3n) is 2.93. The summed E-state index contributed by atoms with van der Waals surface area (Å²) >= 11 is 0. The molecule has 0 rings (SSSR count). The van der Waals surface area contributed by atoms with Crippen LogP contribution in [0.25, 0.3) is 0 Å². The lowest BCUT2D eigenvalue weighted by molar-refractivity contribution is -0.146. The molecule has 0 spiro atoms. The molecule has 0 aliphatic heterocycles. The maximum Gasteiger partial charge on any atom is 0.307 e. The van der Waals surface area contributed by atoms with Crippen molar-refractivity contribution in [2.45, 2.75) is 32.7 Å². The molecule has 102 valence electrons. The molecule has 0 fully saturated rings. The first-order valence-electron chi connectivity index (χ1n) is 6.33. The Morgan fingerprint density at radius 2 is 1.82 bits per heavy atom. The summed E-state index contributed by atoms with van der Waals surface area (Å²) in [6, 6.07) is 0.217. The number of hydrogen-bond acceptors (Lipinski definition) is 4. The van der Waals surface area contributed by atoms with E-state index >= 15 is 0 Å². The molecule has 0 aromatic carbocycles. The van der Waals surface area contributed by atoms with E-state index in [0.717, 1.165) is 13.0 Å². The molecule has 0 heterocycles. The van der Waals surface area contributed by atoms with Crippen molar-refractivity contribution < 1.29 is 9.53 Å². The number of likely N-dealkylation sites (N-methyl/N-ethyl adjacent to an activating group) is 2. The van der Waals surface area contributed by atoms with Gasteiger partial charge in [-0.3, -0.25) is 4.79 Å². The van der Waals surface area contributed by atoms with Crippen LogP contribution in [0.1, 0.15) is 26.7 Å². The Hall–Kier alpha value is -0.610. The first-order valence-corrected chi connectivity index (χ1v) is 6.33. The number of esters is 1. The Balaban J connectivity index is 4.04. The zero-order chi connectivity index (χ0) is 13.4. The van der Waals surface area contributed by atoms with Gasteiger partial charge in [0.15, 0.2) is 0 Å². The molecule has 4 heteroatoms. The smallest absolute Gasteiger partial charge is 0.307 e. The van der Waals surface area contributed by atoms with Crippen LogP contribution in [0, 0.1) is 5.92 Å². The highest BCUT2D eigenvalue weighted by atomic mass is 16.5. The third-order valence-corrected chi connectivity index (χ3v) is 2.93. The Bertz CT molecular complexity index is 217. The van der Waals surface area contributed by atoms with Gasteiger partial charge in [0.05, 0.1) is 13.0 Å². The van der Waals surface area contributed by atoms with Gasteiger partial charge in [-0.15, -0.1) is 0 Å². The summed E-state index contributed by atoms with van der Waals surface area (Å²) in [6.07, 6.45) is 1.50. The zero-order valence-corrected chi connectivity index (χ0v) is 12.2. The highest BCUT2D eigenvalue weighted by Gasteiger charge is 2.18. The van der Waals surface area contributed by atoms with Crippen LogP contribution in [0.2, 0.25) is 0 Å². The van der Waals surface area contributed by atoms with Gasteiger partial charge < -0.3 is 14.5 Å². The Kier molecular flexibility index (Phi) is 8.17. The molecule has 0 aromatic heterocycles. The summed E-state index contributed by atoms with van der Waals surface area (Å²) < 4.78 is 5.27. The maximum atomic E-state index is 11.7. The first-order chi connectivity index (χ1) is 7.86. The number of carbonyl (C=O) groups is 1. The summed E-state index contributed by atoms with van der Waals surface area (Å²) in [5.74, 6) is 0.358. The summed E-state index contributed by atoms with van der Waals surface area (Å²) in [6.45, 7) is 5.60. The Morgan fingerprint density at radius 3 is 2.24 bits per heavy atom. The summed E-state index contributed by atoms with van der Waals surface area (Å²) in [7, 11) is 8.02. The highest BCUT2D eigenvalue weighted by Crippen LogP contribution is 2.06. The maximum absolute atomic E-state index is 11.7. The van der Waals surface area contributed by atoms with E-state index in [-0.39, 0.29) is 12.0 Å². The second-order valence-corrected chi connectivity index (χ2v) is 5.28.